The van der Waals surface area contributed by atoms with Crippen LogP contribution in [-0.2, 0) is 0 Å². The fourth-order valence-electron chi connectivity index (χ4n) is 0. The minimum atomic E-state index is -2.08. The molecule has 8 heavy (non-hydrogen) atoms. The first-order valence-electron chi connectivity index (χ1n) is 0.855. The maximum atomic E-state index is 8.44. The number of hydrogen-bond donors (Lipinski definition) is 1. The molecule has 6 heteroatoms. The average molecular weight is 133 g/mol. The zero-order valence-corrected chi connectivity index (χ0v) is 8.71. The van der Waals surface area contributed by atoms with Gasteiger partial charge in [-0.1, -0.05) is 0 Å². The summed E-state index contributed by atoms with van der Waals surface area (Å²) in [6.45, 7) is 4.75. The van der Waals surface area contributed by atoms with Crippen molar-refractivity contribution < 1.29 is 74.1 Å². The standard InChI is InChI=1S/CN.CH2O3.2Na/c1-2;2-1(3)4;;/h;(H2,2,3,4);;/q-1;;2*+1/p-1. The molecule has 0 aliphatic rings. The number of carbonyl (C=O) groups is 1. The summed E-state index contributed by atoms with van der Waals surface area (Å²) < 4.78 is 0. The van der Waals surface area contributed by atoms with E-state index < -0.39 is 6.16 Å². The van der Waals surface area contributed by atoms with E-state index in [1.807, 2.05) is 0 Å². The number of carboxylic acid groups (broad SMARTS) is 2. The van der Waals surface area contributed by atoms with Crippen molar-refractivity contribution >= 4 is 6.16 Å². The SMILES string of the molecule is O=C([O-])O.[C-]#N.[Na+].[Na+]. The molecule has 0 bridgehead atoms. The monoisotopic (exact) mass is 133 g/mol. The van der Waals surface area contributed by atoms with Crippen LogP contribution in [0.2, 0.25) is 0 Å². The Bertz CT molecular complexity index is 59.5. The Kier molecular flexibility index (Phi) is 73.0. The van der Waals surface area contributed by atoms with Crippen molar-refractivity contribution in [3.8, 4) is 0 Å². The summed E-state index contributed by atoms with van der Waals surface area (Å²) in [6, 6.07) is 0. The van der Waals surface area contributed by atoms with Crippen molar-refractivity contribution in [2.24, 2.45) is 0 Å². The third-order valence-electron chi connectivity index (χ3n) is 0. The van der Waals surface area contributed by atoms with E-state index in [0.29, 0.717) is 0 Å². The van der Waals surface area contributed by atoms with Gasteiger partial charge in [-0.3, -0.25) is 0 Å². The fourth-order valence-corrected chi connectivity index (χ4v) is 0. The van der Waals surface area contributed by atoms with Crippen LogP contribution in [0.3, 0.4) is 0 Å². The van der Waals surface area contributed by atoms with E-state index in [-0.39, 0.29) is 59.1 Å². The molecule has 0 aromatic carbocycles. The Balaban J connectivity index is -0.0000000183. The number of nitrogens with zero attached hydrogens (tertiary/aromatic N) is 1. The van der Waals surface area contributed by atoms with Gasteiger partial charge in [-0.25, -0.2) is 0 Å². The first kappa shape index (κ1) is 23.3. The van der Waals surface area contributed by atoms with E-state index in [4.69, 9.17) is 26.8 Å². The fraction of sp³-hybridized carbons (Fsp3) is 0. The summed E-state index contributed by atoms with van der Waals surface area (Å²) in [5, 5.41) is 21.6. The van der Waals surface area contributed by atoms with E-state index in [2.05, 4.69) is 0 Å². The molecule has 0 spiro atoms. The van der Waals surface area contributed by atoms with Crippen molar-refractivity contribution in [1.29, 1.82) is 5.26 Å². The first-order valence-corrected chi connectivity index (χ1v) is 0.855. The van der Waals surface area contributed by atoms with Crippen LogP contribution >= 0.6 is 0 Å². The number of rotatable bonds is 0. The third-order valence-corrected chi connectivity index (χ3v) is 0. The van der Waals surface area contributed by atoms with Gasteiger partial charge in [0.05, 0.1) is 0 Å². The van der Waals surface area contributed by atoms with Gasteiger partial charge in [0, 0.05) is 0 Å². The van der Waals surface area contributed by atoms with E-state index in [9.17, 15) is 0 Å². The summed E-state index contributed by atoms with van der Waals surface area (Å²) in [6.07, 6.45) is -2.08. The van der Waals surface area contributed by atoms with Gasteiger partial charge in [0.25, 0.3) is 0 Å². The molecule has 0 aromatic heterocycles. The van der Waals surface area contributed by atoms with Crippen molar-refractivity contribution in [3.05, 3.63) is 6.57 Å². The molecule has 0 saturated carbocycles. The van der Waals surface area contributed by atoms with Crippen LogP contribution in [0.1, 0.15) is 0 Å². The molecule has 0 aromatic rings. The molecule has 1 N–H and O–H groups in total. The molecule has 0 amide bonds. The normalized spacial score (nSPS) is 3.25. The minimum absolute atomic E-state index is 0. The number of hydrogen-bond acceptors (Lipinski definition) is 3. The van der Waals surface area contributed by atoms with Crippen LogP contribution in [-0.4, -0.2) is 11.3 Å². The molecule has 0 rings (SSSR count). The summed E-state index contributed by atoms with van der Waals surface area (Å²) >= 11 is 0. The van der Waals surface area contributed by atoms with Crippen LogP contribution < -0.4 is 64.2 Å². The Labute approximate surface area is 91.1 Å². The second-order valence-corrected chi connectivity index (χ2v) is 0.266. The van der Waals surface area contributed by atoms with E-state index in [1.54, 1.807) is 0 Å². The molecular weight excluding hydrogens is 132 g/mol. The van der Waals surface area contributed by atoms with Crippen LogP contribution in [0, 0.1) is 11.8 Å². The van der Waals surface area contributed by atoms with Crippen molar-refractivity contribution in [2.75, 3.05) is 0 Å². The van der Waals surface area contributed by atoms with E-state index in [0.717, 1.165) is 0 Å². The largest absolute Gasteiger partial charge is 1.00 e. The van der Waals surface area contributed by atoms with Gasteiger partial charge in [0.1, 0.15) is 0 Å². The zero-order chi connectivity index (χ0) is 5.58. The zero-order valence-electron chi connectivity index (χ0n) is 4.71. The Morgan fingerprint density at radius 2 is 1.50 bits per heavy atom. The minimum Gasteiger partial charge on any atom is -0.565 e. The summed E-state index contributed by atoms with van der Waals surface area (Å²) in [5.74, 6) is 0. The average Bonchev–Trinajstić information content (AvgIpc) is 1.41. The summed E-state index contributed by atoms with van der Waals surface area (Å²) in [4.78, 5) is 8.44. The Hall–Kier alpha value is 0.760. The van der Waals surface area contributed by atoms with Crippen LogP contribution in [0.15, 0.2) is 0 Å². The molecule has 0 aliphatic carbocycles. The van der Waals surface area contributed by atoms with Crippen LogP contribution in [0.5, 0.6) is 0 Å². The predicted octanol–water partition coefficient (Wildman–Crippen LogP) is -7.01. The van der Waals surface area contributed by atoms with Gasteiger partial charge in [-0.2, -0.15) is 0 Å². The molecule has 0 radical (unpaired) electrons. The molecule has 0 aliphatic heterocycles. The third kappa shape index (κ3) is 388. The Morgan fingerprint density at radius 3 is 1.50 bits per heavy atom. The van der Waals surface area contributed by atoms with E-state index >= 15 is 0 Å². The van der Waals surface area contributed by atoms with Gasteiger partial charge >= 0.3 is 59.1 Å². The smallest absolute Gasteiger partial charge is 0.565 e. The molecule has 0 atom stereocenters. The molecule has 0 fully saturated rings. The maximum absolute atomic E-state index is 8.44. The second kappa shape index (κ2) is 25.1. The van der Waals surface area contributed by atoms with E-state index in [1.165, 1.54) is 0 Å². The quantitative estimate of drug-likeness (QED) is 0.263. The summed E-state index contributed by atoms with van der Waals surface area (Å²) in [5.41, 5.74) is 0. The molecule has 4 nitrogen and oxygen atoms in total. The Morgan fingerprint density at radius 1 is 1.50 bits per heavy atom. The van der Waals surface area contributed by atoms with Gasteiger partial charge in [0.2, 0.25) is 6.16 Å². The summed E-state index contributed by atoms with van der Waals surface area (Å²) in [7, 11) is 0. The van der Waals surface area contributed by atoms with Gasteiger partial charge in [0.15, 0.2) is 0 Å². The second-order valence-electron chi connectivity index (χ2n) is 0.266. The molecule has 0 saturated heterocycles. The van der Waals surface area contributed by atoms with Crippen molar-refractivity contribution in [2.45, 2.75) is 0 Å². The van der Waals surface area contributed by atoms with Crippen LogP contribution in [0.4, 0.5) is 4.79 Å². The molecule has 0 unspecified atom stereocenters. The first-order chi connectivity index (χ1) is 2.73. The van der Waals surface area contributed by atoms with Crippen molar-refractivity contribution in [1.82, 2.24) is 0 Å². The van der Waals surface area contributed by atoms with Gasteiger partial charge in [-0.05, 0) is 0 Å². The molecular formula is C2HNNa2O3. The molecule has 34 valence electrons. The van der Waals surface area contributed by atoms with Gasteiger partial charge < -0.3 is 26.8 Å². The van der Waals surface area contributed by atoms with Crippen molar-refractivity contribution in [3.63, 3.8) is 0 Å². The predicted molar refractivity (Wildman–Crippen MR) is 13.0 cm³/mol. The molecule has 0 heterocycles. The topological polar surface area (TPSA) is 84.2 Å². The maximum Gasteiger partial charge on any atom is 1.00 e. The van der Waals surface area contributed by atoms with Crippen LogP contribution in [0.25, 0.3) is 0 Å². The van der Waals surface area contributed by atoms with Gasteiger partial charge in [-0.15, -0.1) is 0 Å².